The maximum absolute atomic E-state index is 12.4. The fourth-order valence-corrected chi connectivity index (χ4v) is 1.59. The first-order valence-corrected chi connectivity index (χ1v) is 5.71. The highest BCUT2D eigenvalue weighted by atomic mass is 79.9. The zero-order chi connectivity index (χ0) is 12.9. The summed E-state index contributed by atoms with van der Waals surface area (Å²) in [6, 6.07) is 0. The first-order chi connectivity index (χ1) is 7.38. The Morgan fingerprint density at radius 2 is 1.88 bits per heavy atom. The van der Waals surface area contributed by atoms with Crippen molar-refractivity contribution in [2.45, 2.75) is 32.3 Å². The van der Waals surface area contributed by atoms with Crippen molar-refractivity contribution in [2.24, 2.45) is 0 Å². The Balaban J connectivity index is 0.00000106. The minimum Gasteiger partial charge on any atom is -0.267 e. The molecule has 0 aliphatic rings. The standard InChI is InChI=1S/C7H6BrF3N2O.C2H6/c1-3-4(2-8)12-13-6(14)5(3)7(9,10)11;1-2/h2H2,1H3,(H,13,14);1-2H3. The summed E-state index contributed by atoms with van der Waals surface area (Å²) < 4.78 is 37.1. The van der Waals surface area contributed by atoms with Gasteiger partial charge in [-0.05, 0) is 12.5 Å². The van der Waals surface area contributed by atoms with Crippen molar-refractivity contribution >= 4 is 15.9 Å². The summed E-state index contributed by atoms with van der Waals surface area (Å²) in [5.41, 5.74) is -2.35. The monoisotopic (exact) mass is 300 g/mol. The number of rotatable bonds is 1. The zero-order valence-corrected chi connectivity index (χ0v) is 10.7. The molecule has 0 atom stereocenters. The molecule has 0 amide bonds. The number of halogens is 4. The van der Waals surface area contributed by atoms with Crippen LogP contribution in [0.1, 0.15) is 30.7 Å². The molecule has 1 heterocycles. The lowest BCUT2D eigenvalue weighted by Gasteiger charge is -2.10. The largest absolute Gasteiger partial charge is 0.422 e. The van der Waals surface area contributed by atoms with E-state index in [-0.39, 0.29) is 16.6 Å². The van der Waals surface area contributed by atoms with E-state index in [4.69, 9.17) is 0 Å². The molecular weight excluding hydrogens is 289 g/mol. The Hall–Kier alpha value is -0.850. The highest BCUT2D eigenvalue weighted by Gasteiger charge is 2.36. The molecule has 0 aromatic carbocycles. The van der Waals surface area contributed by atoms with Crippen LogP contribution in [0.25, 0.3) is 0 Å². The van der Waals surface area contributed by atoms with Gasteiger partial charge in [0.1, 0.15) is 5.56 Å². The number of aromatic amines is 1. The van der Waals surface area contributed by atoms with Crippen LogP contribution in [0.3, 0.4) is 0 Å². The number of H-pyrrole nitrogens is 1. The molecule has 1 rings (SSSR count). The van der Waals surface area contributed by atoms with E-state index in [9.17, 15) is 18.0 Å². The second kappa shape index (κ2) is 6.03. The quantitative estimate of drug-likeness (QED) is 0.810. The fourth-order valence-electron chi connectivity index (χ4n) is 1.04. The molecule has 3 nitrogen and oxygen atoms in total. The Kier molecular flexibility index (Phi) is 5.71. The number of nitrogens with one attached hydrogen (secondary N) is 1. The van der Waals surface area contributed by atoms with Gasteiger partial charge in [0.2, 0.25) is 0 Å². The van der Waals surface area contributed by atoms with Gasteiger partial charge in [-0.2, -0.15) is 18.3 Å². The van der Waals surface area contributed by atoms with E-state index in [1.165, 1.54) is 6.92 Å². The van der Waals surface area contributed by atoms with Crippen molar-refractivity contribution in [2.75, 3.05) is 0 Å². The number of hydrogen-bond acceptors (Lipinski definition) is 2. The van der Waals surface area contributed by atoms with Crippen molar-refractivity contribution in [1.82, 2.24) is 10.2 Å². The van der Waals surface area contributed by atoms with Crippen LogP contribution >= 0.6 is 15.9 Å². The van der Waals surface area contributed by atoms with Gasteiger partial charge in [-0.1, -0.05) is 29.8 Å². The molecule has 0 aliphatic heterocycles. The van der Waals surface area contributed by atoms with E-state index in [0.717, 1.165) is 0 Å². The predicted molar refractivity (Wildman–Crippen MR) is 58.6 cm³/mol. The second-order valence-corrected chi connectivity index (χ2v) is 3.19. The molecule has 16 heavy (non-hydrogen) atoms. The maximum atomic E-state index is 12.4. The number of alkyl halides is 4. The van der Waals surface area contributed by atoms with E-state index in [1.807, 2.05) is 18.9 Å². The molecule has 0 spiro atoms. The Labute approximate surface area is 99.2 Å². The molecule has 0 aliphatic carbocycles. The van der Waals surface area contributed by atoms with Gasteiger partial charge >= 0.3 is 6.18 Å². The number of aromatic nitrogens is 2. The SMILES string of the molecule is CC.Cc1c(CBr)n[nH]c(=O)c1C(F)(F)F. The van der Waals surface area contributed by atoms with Crippen molar-refractivity contribution in [3.05, 3.63) is 27.2 Å². The molecule has 1 N–H and O–H groups in total. The number of hydrogen-bond donors (Lipinski definition) is 1. The summed E-state index contributed by atoms with van der Waals surface area (Å²) in [4.78, 5) is 10.9. The van der Waals surface area contributed by atoms with Crippen LogP contribution in [0.5, 0.6) is 0 Å². The smallest absolute Gasteiger partial charge is 0.267 e. The van der Waals surface area contributed by atoms with E-state index in [1.54, 1.807) is 0 Å². The molecule has 92 valence electrons. The summed E-state index contributed by atoms with van der Waals surface area (Å²) in [5, 5.41) is 5.46. The van der Waals surface area contributed by atoms with Gasteiger partial charge in [-0.25, -0.2) is 5.10 Å². The van der Waals surface area contributed by atoms with Gasteiger partial charge in [-0.15, -0.1) is 0 Å². The van der Waals surface area contributed by atoms with Crippen LogP contribution in [0.2, 0.25) is 0 Å². The molecule has 0 bridgehead atoms. The van der Waals surface area contributed by atoms with E-state index >= 15 is 0 Å². The normalized spacial score (nSPS) is 10.7. The van der Waals surface area contributed by atoms with Gasteiger partial charge in [0, 0.05) is 5.33 Å². The maximum Gasteiger partial charge on any atom is 0.422 e. The topological polar surface area (TPSA) is 45.8 Å². The minimum atomic E-state index is -4.64. The zero-order valence-electron chi connectivity index (χ0n) is 9.07. The highest BCUT2D eigenvalue weighted by molar-refractivity contribution is 9.08. The van der Waals surface area contributed by atoms with Crippen molar-refractivity contribution < 1.29 is 13.2 Å². The lowest BCUT2D eigenvalue weighted by atomic mass is 10.1. The van der Waals surface area contributed by atoms with Gasteiger partial charge in [0.05, 0.1) is 5.69 Å². The van der Waals surface area contributed by atoms with Crippen molar-refractivity contribution in [1.29, 1.82) is 0 Å². The fraction of sp³-hybridized carbons (Fsp3) is 0.556. The van der Waals surface area contributed by atoms with Crippen LogP contribution < -0.4 is 5.56 Å². The van der Waals surface area contributed by atoms with Crippen molar-refractivity contribution in [3.63, 3.8) is 0 Å². The Morgan fingerprint density at radius 3 is 2.25 bits per heavy atom. The molecule has 7 heteroatoms. The summed E-state index contributed by atoms with van der Waals surface area (Å²) in [6.07, 6.45) is -4.64. The molecule has 1 aromatic heterocycles. The summed E-state index contributed by atoms with van der Waals surface area (Å²) in [5.74, 6) is 0. The molecule has 0 radical (unpaired) electrons. The van der Waals surface area contributed by atoms with E-state index in [2.05, 4.69) is 21.0 Å². The Morgan fingerprint density at radius 1 is 1.38 bits per heavy atom. The minimum absolute atomic E-state index is 0.141. The summed E-state index contributed by atoms with van der Waals surface area (Å²) in [6.45, 7) is 5.22. The molecule has 1 aromatic rings. The van der Waals surface area contributed by atoms with Crippen molar-refractivity contribution in [3.8, 4) is 0 Å². The van der Waals surface area contributed by atoms with Gasteiger partial charge in [-0.3, -0.25) is 4.79 Å². The first kappa shape index (κ1) is 15.2. The molecular formula is C9H12BrF3N2O. The third-order valence-corrected chi connectivity index (χ3v) is 2.27. The van der Waals surface area contributed by atoms with Crippen LogP contribution in [-0.4, -0.2) is 10.2 Å². The average molecular weight is 301 g/mol. The van der Waals surface area contributed by atoms with Crippen LogP contribution in [0, 0.1) is 6.92 Å². The third-order valence-electron chi connectivity index (χ3n) is 1.74. The molecule has 0 saturated heterocycles. The molecule has 0 fully saturated rings. The summed E-state index contributed by atoms with van der Waals surface area (Å²) >= 11 is 2.98. The Bertz CT molecular complexity index is 401. The lowest BCUT2D eigenvalue weighted by molar-refractivity contribution is -0.139. The van der Waals surface area contributed by atoms with Crippen LogP contribution in [0.4, 0.5) is 13.2 Å². The molecule has 0 saturated carbocycles. The van der Waals surface area contributed by atoms with Crippen LogP contribution in [0.15, 0.2) is 4.79 Å². The summed E-state index contributed by atoms with van der Waals surface area (Å²) in [7, 11) is 0. The average Bonchev–Trinajstić information content (AvgIpc) is 2.19. The predicted octanol–water partition coefficient (Wildman–Crippen LogP) is 3.02. The van der Waals surface area contributed by atoms with Gasteiger partial charge in [0.15, 0.2) is 0 Å². The second-order valence-electron chi connectivity index (χ2n) is 2.63. The highest BCUT2D eigenvalue weighted by Crippen LogP contribution is 2.29. The van der Waals surface area contributed by atoms with Gasteiger partial charge in [0.25, 0.3) is 5.56 Å². The van der Waals surface area contributed by atoms with E-state index in [0.29, 0.717) is 0 Å². The lowest BCUT2D eigenvalue weighted by Crippen LogP contribution is -2.25. The van der Waals surface area contributed by atoms with E-state index < -0.39 is 17.3 Å². The van der Waals surface area contributed by atoms with Gasteiger partial charge < -0.3 is 0 Å². The van der Waals surface area contributed by atoms with Crippen LogP contribution in [-0.2, 0) is 11.5 Å². The first-order valence-electron chi connectivity index (χ1n) is 4.59. The molecule has 0 unspecified atom stereocenters. The number of nitrogens with zero attached hydrogens (tertiary/aromatic N) is 1. The third kappa shape index (κ3) is 3.33.